The standard InChI is InChI=1S/C22H24O8/c23-10-17-19(25)20(26)21(27)22(30-17)29-16-3-1-2-15-18(16)13(11-28-15)7-4-12-5-8-14(24)9-6-12/h1-3,5-6,8-9,11,17,19-27H,4,7,10H2/t17-,19-,20+,21-,22-/m1/s1. The smallest absolute Gasteiger partial charge is 0.229 e. The summed E-state index contributed by atoms with van der Waals surface area (Å²) in [6.45, 7) is -0.529. The van der Waals surface area contributed by atoms with Crippen molar-refractivity contribution in [1.82, 2.24) is 0 Å². The van der Waals surface area contributed by atoms with E-state index in [0.29, 0.717) is 29.6 Å². The van der Waals surface area contributed by atoms with Gasteiger partial charge in [-0.3, -0.25) is 0 Å². The number of benzene rings is 2. The number of fused-ring (bicyclic) bond motifs is 1. The first-order chi connectivity index (χ1) is 14.5. The molecule has 0 aliphatic carbocycles. The maximum atomic E-state index is 10.3. The van der Waals surface area contributed by atoms with Crippen molar-refractivity contribution >= 4 is 11.0 Å². The Morgan fingerprint density at radius 3 is 2.40 bits per heavy atom. The van der Waals surface area contributed by atoms with E-state index in [1.54, 1.807) is 36.6 Å². The molecule has 0 radical (unpaired) electrons. The minimum Gasteiger partial charge on any atom is -0.508 e. The predicted octanol–water partition coefficient (Wildman–Crippen LogP) is 1.10. The third-order valence-corrected chi connectivity index (χ3v) is 5.35. The number of hydrogen-bond donors (Lipinski definition) is 5. The summed E-state index contributed by atoms with van der Waals surface area (Å²) in [4.78, 5) is 0. The van der Waals surface area contributed by atoms with Gasteiger partial charge in [0.05, 0.1) is 18.3 Å². The van der Waals surface area contributed by atoms with Gasteiger partial charge in [0.15, 0.2) is 0 Å². The Morgan fingerprint density at radius 2 is 1.67 bits per heavy atom. The molecule has 2 heterocycles. The molecule has 3 aromatic rings. The molecule has 0 amide bonds. The first kappa shape index (κ1) is 20.6. The lowest BCUT2D eigenvalue weighted by atomic mass is 9.99. The van der Waals surface area contributed by atoms with Crippen molar-refractivity contribution in [3.63, 3.8) is 0 Å². The minimum atomic E-state index is -1.52. The second kappa shape index (κ2) is 8.63. The number of phenolic OH excluding ortho intramolecular Hbond substituents is 1. The number of hydrogen-bond acceptors (Lipinski definition) is 8. The molecule has 1 saturated heterocycles. The largest absolute Gasteiger partial charge is 0.508 e. The van der Waals surface area contributed by atoms with Crippen molar-refractivity contribution in [2.24, 2.45) is 0 Å². The fourth-order valence-corrected chi connectivity index (χ4v) is 3.63. The molecular formula is C22H24O8. The maximum absolute atomic E-state index is 10.3. The van der Waals surface area contributed by atoms with Gasteiger partial charge in [-0.2, -0.15) is 0 Å². The lowest BCUT2D eigenvalue weighted by Crippen LogP contribution is -2.60. The Hall–Kier alpha value is -2.62. The number of ether oxygens (including phenoxy) is 2. The van der Waals surface area contributed by atoms with E-state index in [-0.39, 0.29) is 5.75 Å². The number of furan rings is 1. The van der Waals surface area contributed by atoms with Gasteiger partial charge in [0, 0.05) is 5.56 Å². The van der Waals surface area contributed by atoms with Crippen LogP contribution in [0.4, 0.5) is 0 Å². The molecule has 2 aromatic carbocycles. The predicted molar refractivity (Wildman–Crippen MR) is 106 cm³/mol. The van der Waals surface area contributed by atoms with Crippen LogP contribution in [0.1, 0.15) is 11.1 Å². The van der Waals surface area contributed by atoms with E-state index in [4.69, 9.17) is 13.9 Å². The zero-order valence-corrected chi connectivity index (χ0v) is 16.1. The fraction of sp³-hybridized carbons (Fsp3) is 0.364. The Balaban J connectivity index is 1.57. The van der Waals surface area contributed by atoms with E-state index in [0.717, 1.165) is 11.1 Å². The highest BCUT2D eigenvalue weighted by atomic mass is 16.7. The third-order valence-electron chi connectivity index (χ3n) is 5.35. The van der Waals surface area contributed by atoms with Gasteiger partial charge in [0.2, 0.25) is 6.29 Å². The van der Waals surface area contributed by atoms with Crippen LogP contribution in [0.5, 0.6) is 11.5 Å². The Labute approximate surface area is 172 Å². The zero-order valence-electron chi connectivity index (χ0n) is 16.1. The number of aromatic hydroxyl groups is 1. The molecule has 5 atom stereocenters. The first-order valence-electron chi connectivity index (χ1n) is 9.72. The maximum Gasteiger partial charge on any atom is 0.229 e. The monoisotopic (exact) mass is 416 g/mol. The summed E-state index contributed by atoms with van der Waals surface area (Å²) in [7, 11) is 0. The van der Waals surface area contributed by atoms with Gasteiger partial charge in [0.1, 0.15) is 41.5 Å². The van der Waals surface area contributed by atoms with Crippen LogP contribution in [0.15, 0.2) is 53.1 Å². The lowest BCUT2D eigenvalue weighted by molar-refractivity contribution is -0.277. The SMILES string of the molecule is OC[C@H]1O[C@@H](Oc2cccc3occ(CCc4ccc(O)cc4)c23)[C@H](O)[C@@H](O)[C@@H]1O. The van der Waals surface area contributed by atoms with Gasteiger partial charge in [-0.25, -0.2) is 0 Å². The lowest BCUT2D eigenvalue weighted by Gasteiger charge is -2.39. The number of rotatable bonds is 6. The summed E-state index contributed by atoms with van der Waals surface area (Å²) in [5, 5.41) is 49.7. The first-order valence-corrected chi connectivity index (χ1v) is 9.72. The number of phenols is 1. The molecule has 0 saturated carbocycles. The molecule has 5 N–H and O–H groups in total. The summed E-state index contributed by atoms with van der Waals surface area (Å²) < 4.78 is 16.9. The van der Waals surface area contributed by atoms with Crippen molar-refractivity contribution in [3.05, 3.63) is 59.9 Å². The Kier molecular flexibility index (Phi) is 5.94. The van der Waals surface area contributed by atoms with E-state index >= 15 is 0 Å². The number of aliphatic hydroxyl groups is 4. The molecule has 8 nitrogen and oxygen atoms in total. The molecule has 8 heteroatoms. The highest BCUT2D eigenvalue weighted by Crippen LogP contribution is 2.34. The van der Waals surface area contributed by atoms with Crippen LogP contribution < -0.4 is 4.74 Å². The van der Waals surface area contributed by atoms with Gasteiger partial charge in [-0.05, 0) is 42.7 Å². The molecular weight excluding hydrogens is 392 g/mol. The van der Waals surface area contributed by atoms with Gasteiger partial charge in [-0.1, -0.05) is 18.2 Å². The second-order valence-corrected chi connectivity index (χ2v) is 7.37. The summed E-state index contributed by atoms with van der Waals surface area (Å²) in [6, 6.07) is 12.2. The average Bonchev–Trinajstić information content (AvgIpc) is 3.18. The zero-order chi connectivity index (χ0) is 21.3. The molecule has 4 rings (SSSR count). The molecule has 0 spiro atoms. The molecule has 1 fully saturated rings. The Morgan fingerprint density at radius 1 is 0.900 bits per heavy atom. The van der Waals surface area contributed by atoms with E-state index in [1.807, 2.05) is 12.1 Å². The highest BCUT2D eigenvalue weighted by Gasteiger charge is 2.44. The fourth-order valence-electron chi connectivity index (χ4n) is 3.63. The number of aryl methyl sites for hydroxylation is 2. The molecule has 160 valence electrons. The van der Waals surface area contributed by atoms with E-state index in [2.05, 4.69) is 0 Å². The van der Waals surface area contributed by atoms with Crippen molar-refractivity contribution in [2.75, 3.05) is 6.61 Å². The summed E-state index contributed by atoms with van der Waals surface area (Å²) >= 11 is 0. The van der Waals surface area contributed by atoms with Crippen molar-refractivity contribution in [1.29, 1.82) is 0 Å². The minimum absolute atomic E-state index is 0.211. The molecule has 1 aliphatic heterocycles. The normalized spacial score (nSPS) is 26.7. The molecule has 1 aliphatic rings. The summed E-state index contributed by atoms with van der Waals surface area (Å²) in [6.07, 6.45) is -3.78. The highest BCUT2D eigenvalue weighted by molar-refractivity contribution is 5.87. The van der Waals surface area contributed by atoms with Crippen LogP contribution in [0.25, 0.3) is 11.0 Å². The van der Waals surface area contributed by atoms with Crippen LogP contribution in [-0.4, -0.2) is 62.8 Å². The van der Waals surface area contributed by atoms with Gasteiger partial charge in [-0.15, -0.1) is 0 Å². The van der Waals surface area contributed by atoms with Gasteiger partial charge < -0.3 is 39.4 Å². The summed E-state index contributed by atoms with van der Waals surface area (Å²) in [5.74, 6) is 0.606. The van der Waals surface area contributed by atoms with E-state index in [1.165, 1.54) is 0 Å². The van der Waals surface area contributed by atoms with Crippen LogP contribution in [0.3, 0.4) is 0 Å². The second-order valence-electron chi connectivity index (χ2n) is 7.37. The molecule has 0 unspecified atom stereocenters. The van der Waals surface area contributed by atoms with E-state index in [9.17, 15) is 25.5 Å². The molecule has 1 aromatic heterocycles. The van der Waals surface area contributed by atoms with Crippen LogP contribution >= 0.6 is 0 Å². The molecule has 0 bridgehead atoms. The van der Waals surface area contributed by atoms with Crippen LogP contribution in [0.2, 0.25) is 0 Å². The van der Waals surface area contributed by atoms with Crippen molar-refractivity contribution < 1.29 is 39.4 Å². The summed E-state index contributed by atoms with van der Waals surface area (Å²) in [5.41, 5.74) is 2.53. The van der Waals surface area contributed by atoms with Crippen LogP contribution in [0, 0.1) is 0 Å². The van der Waals surface area contributed by atoms with Gasteiger partial charge >= 0.3 is 0 Å². The van der Waals surface area contributed by atoms with Crippen molar-refractivity contribution in [3.8, 4) is 11.5 Å². The average molecular weight is 416 g/mol. The van der Waals surface area contributed by atoms with Crippen LogP contribution in [-0.2, 0) is 17.6 Å². The quantitative estimate of drug-likeness (QED) is 0.404. The van der Waals surface area contributed by atoms with E-state index < -0.39 is 37.3 Å². The van der Waals surface area contributed by atoms with Crippen molar-refractivity contribution in [2.45, 2.75) is 43.5 Å². The third kappa shape index (κ3) is 4.00. The Bertz CT molecular complexity index is 980. The molecule has 30 heavy (non-hydrogen) atoms. The topological polar surface area (TPSA) is 133 Å². The van der Waals surface area contributed by atoms with Gasteiger partial charge in [0.25, 0.3) is 0 Å². The number of aliphatic hydroxyl groups excluding tert-OH is 4.